The molecule has 2 nitrogen and oxygen atoms in total. The molecule has 0 saturated heterocycles. The Balaban J connectivity index is 2.68. The zero-order chi connectivity index (χ0) is 10.6. The summed E-state index contributed by atoms with van der Waals surface area (Å²) in [7, 11) is 0. The SMILES string of the molecule is CCCC(C)C(N)c1ccc(F)cn1. The third-order valence-corrected chi connectivity index (χ3v) is 2.45. The molecule has 0 saturated carbocycles. The van der Waals surface area contributed by atoms with E-state index in [0.29, 0.717) is 5.92 Å². The molecule has 0 aromatic carbocycles. The van der Waals surface area contributed by atoms with E-state index in [2.05, 4.69) is 18.8 Å². The minimum atomic E-state index is -0.316. The fourth-order valence-electron chi connectivity index (χ4n) is 1.51. The van der Waals surface area contributed by atoms with Crippen molar-refractivity contribution < 1.29 is 4.39 Å². The van der Waals surface area contributed by atoms with Crippen molar-refractivity contribution in [1.29, 1.82) is 0 Å². The van der Waals surface area contributed by atoms with Crippen LogP contribution in [0.2, 0.25) is 0 Å². The lowest BCUT2D eigenvalue weighted by Crippen LogP contribution is -2.20. The van der Waals surface area contributed by atoms with E-state index in [9.17, 15) is 4.39 Å². The number of nitrogens with zero attached hydrogens (tertiary/aromatic N) is 1. The molecule has 0 fully saturated rings. The highest BCUT2D eigenvalue weighted by Gasteiger charge is 2.14. The van der Waals surface area contributed by atoms with Gasteiger partial charge in [-0.25, -0.2) is 4.39 Å². The van der Waals surface area contributed by atoms with Crippen molar-refractivity contribution >= 4 is 0 Å². The predicted octanol–water partition coefficient (Wildman–Crippen LogP) is 2.66. The highest BCUT2D eigenvalue weighted by molar-refractivity contribution is 5.10. The third-order valence-electron chi connectivity index (χ3n) is 2.45. The molecule has 2 unspecified atom stereocenters. The van der Waals surface area contributed by atoms with Gasteiger partial charge in [0.2, 0.25) is 0 Å². The fraction of sp³-hybridized carbons (Fsp3) is 0.545. The van der Waals surface area contributed by atoms with Gasteiger partial charge in [0.05, 0.1) is 11.9 Å². The van der Waals surface area contributed by atoms with Crippen molar-refractivity contribution in [3.05, 3.63) is 29.8 Å². The van der Waals surface area contributed by atoms with Crippen LogP contribution in [0.5, 0.6) is 0 Å². The number of aromatic nitrogens is 1. The Morgan fingerprint density at radius 2 is 2.21 bits per heavy atom. The molecule has 14 heavy (non-hydrogen) atoms. The van der Waals surface area contributed by atoms with Crippen LogP contribution in [0.25, 0.3) is 0 Å². The Morgan fingerprint density at radius 3 is 2.71 bits per heavy atom. The summed E-state index contributed by atoms with van der Waals surface area (Å²) in [4.78, 5) is 3.98. The Labute approximate surface area is 84.3 Å². The first-order valence-electron chi connectivity index (χ1n) is 5.02. The van der Waals surface area contributed by atoms with Crippen LogP contribution in [-0.4, -0.2) is 4.98 Å². The average Bonchev–Trinajstić information content (AvgIpc) is 2.18. The number of hydrogen-bond acceptors (Lipinski definition) is 2. The Kier molecular flexibility index (Phi) is 4.01. The van der Waals surface area contributed by atoms with E-state index >= 15 is 0 Å². The zero-order valence-corrected chi connectivity index (χ0v) is 8.70. The van der Waals surface area contributed by atoms with Gasteiger partial charge in [0, 0.05) is 6.04 Å². The summed E-state index contributed by atoms with van der Waals surface area (Å²) in [5.41, 5.74) is 6.76. The zero-order valence-electron chi connectivity index (χ0n) is 8.70. The number of hydrogen-bond donors (Lipinski definition) is 1. The van der Waals surface area contributed by atoms with Crippen LogP contribution in [-0.2, 0) is 0 Å². The number of halogens is 1. The van der Waals surface area contributed by atoms with Crippen LogP contribution in [0.1, 0.15) is 38.4 Å². The van der Waals surface area contributed by atoms with Crippen LogP contribution in [0, 0.1) is 11.7 Å². The van der Waals surface area contributed by atoms with Crippen molar-refractivity contribution in [1.82, 2.24) is 4.98 Å². The third kappa shape index (κ3) is 2.77. The van der Waals surface area contributed by atoms with E-state index < -0.39 is 0 Å². The summed E-state index contributed by atoms with van der Waals surface area (Å²) in [5, 5.41) is 0. The number of rotatable bonds is 4. The number of pyridine rings is 1. The van der Waals surface area contributed by atoms with Gasteiger partial charge in [-0.05, 0) is 24.5 Å². The smallest absolute Gasteiger partial charge is 0.141 e. The summed E-state index contributed by atoms with van der Waals surface area (Å²) in [5.74, 6) is 0.0713. The minimum Gasteiger partial charge on any atom is -0.322 e. The van der Waals surface area contributed by atoms with Gasteiger partial charge in [0.25, 0.3) is 0 Å². The van der Waals surface area contributed by atoms with Crippen LogP contribution < -0.4 is 5.73 Å². The highest BCUT2D eigenvalue weighted by Crippen LogP contribution is 2.21. The molecule has 0 aliphatic rings. The summed E-state index contributed by atoms with van der Waals surface area (Å²) in [6.07, 6.45) is 3.39. The molecule has 2 atom stereocenters. The van der Waals surface area contributed by atoms with Crippen LogP contribution in [0.4, 0.5) is 4.39 Å². The minimum absolute atomic E-state index is 0.0875. The molecule has 1 aromatic heterocycles. The van der Waals surface area contributed by atoms with Gasteiger partial charge in [-0.2, -0.15) is 0 Å². The van der Waals surface area contributed by atoms with E-state index in [1.807, 2.05) is 0 Å². The van der Waals surface area contributed by atoms with Crippen molar-refractivity contribution in [3.63, 3.8) is 0 Å². The van der Waals surface area contributed by atoms with E-state index in [4.69, 9.17) is 5.73 Å². The largest absolute Gasteiger partial charge is 0.322 e. The maximum absolute atomic E-state index is 12.6. The maximum atomic E-state index is 12.6. The topological polar surface area (TPSA) is 38.9 Å². The van der Waals surface area contributed by atoms with Gasteiger partial charge in [0.15, 0.2) is 0 Å². The van der Waals surface area contributed by atoms with Crippen molar-refractivity contribution in [2.45, 2.75) is 32.7 Å². The molecule has 0 aliphatic carbocycles. The fourth-order valence-corrected chi connectivity index (χ4v) is 1.51. The predicted molar refractivity (Wildman–Crippen MR) is 55.2 cm³/mol. The lowest BCUT2D eigenvalue weighted by Gasteiger charge is -2.18. The van der Waals surface area contributed by atoms with Crippen LogP contribution in [0.3, 0.4) is 0 Å². The van der Waals surface area contributed by atoms with E-state index in [-0.39, 0.29) is 11.9 Å². The summed E-state index contributed by atoms with van der Waals surface area (Å²) in [6.45, 7) is 4.22. The first-order valence-corrected chi connectivity index (χ1v) is 5.02. The molecule has 78 valence electrons. The molecular weight excluding hydrogens is 179 g/mol. The van der Waals surface area contributed by atoms with Crippen LogP contribution in [0.15, 0.2) is 18.3 Å². The van der Waals surface area contributed by atoms with Gasteiger partial charge < -0.3 is 5.73 Å². The normalized spacial score (nSPS) is 15.1. The molecule has 3 heteroatoms. The van der Waals surface area contributed by atoms with Crippen molar-refractivity contribution in [2.75, 3.05) is 0 Å². The molecule has 0 spiro atoms. The van der Waals surface area contributed by atoms with Gasteiger partial charge in [-0.15, -0.1) is 0 Å². The van der Waals surface area contributed by atoms with Gasteiger partial charge >= 0.3 is 0 Å². The Morgan fingerprint density at radius 1 is 1.50 bits per heavy atom. The summed E-state index contributed by atoms with van der Waals surface area (Å²) >= 11 is 0. The van der Waals surface area contributed by atoms with Gasteiger partial charge in [-0.3, -0.25) is 4.98 Å². The maximum Gasteiger partial charge on any atom is 0.141 e. The standard InChI is InChI=1S/C11H17FN2/c1-3-4-8(2)11(13)10-6-5-9(12)7-14-10/h5-8,11H,3-4,13H2,1-2H3. The van der Waals surface area contributed by atoms with Crippen LogP contribution >= 0.6 is 0 Å². The lowest BCUT2D eigenvalue weighted by atomic mass is 9.95. The first-order chi connectivity index (χ1) is 6.65. The van der Waals surface area contributed by atoms with E-state index in [0.717, 1.165) is 18.5 Å². The molecule has 2 N–H and O–H groups in total. The molecule has 0 aliphatic heterocycles. The molecule has 1 rings (SSSR count). The first kappa shape index (κ1) is 11.1. The monoisotopic (exact) mass is 196 g/mol. The molecular formula is C11H17FN2. The molecule has 0 bridgehead atoms. The average molecular weight is 196 g/mol. The lowest BCUT2D eigenvalue weighted by molar-refractivity contribution is 0.425. The van der Waals surface area contributed by atoms with E-state index in [1.54, 1.807) is 6.07 Å². The summed E-state index contributed by atoms with van der Waals surface area (Å²) in [6, 6.07) is 2.98. The van der Waals surface area contributed by atoms with Crippen molar-refractivity contribution in [2.24, 2.45) is 11.7 Å². The highest BCUT2D eigenvalue weighted by atomic mass is 19.1. The second-order valence-corrected chi connectivity index (χ2v) is 3.69. The second-order valence-electron chi connectivity index (χ2n) is 3.69. The van der Waals surface area contributed by atoms with Gasteiger partial charge in [0.1, 0.15) is 5.82 Å². The molecule has 0 radical (unpaired) electrons. The quantitative estimate of drug-likeness (QED) is 0.804. The van der Waals surface area contributed by atoms with Crippen molar-refractivity contribution in [3.8, 4) is 0 Å². The molecule has 1 heterocycles. The Bertz CT molecular complexity index is 271. The Hall–Kier alpha value is -0.960. The number of nitrogens with two attached hydrogens (primary N) is 1. The summed E-state index contributed by atoms with van der Waals surface area (Å²) < 4.78 is 12.6. The molecule has 1 aromatic rings. The second kappa shape index (κ2) is 5.05. The van der Waals surface area contributed by atoms with Gasteiger partial charge in [-0.1, -0.05) is 20.3 Å². The van der Waals surface area contributed by atoms with E-state index in [1.165, 1.54) is 12.3 Å². The molecule has 0 amide bonds.